The normalized spacial score (nSPS) is 10.8. The number of carboxylic acid groups (broad SMARTS) is 1. The minimum absolute atomic E-state index is 0.122. The molecule has 0 saturated carbocycles. The topological polar surface area (TPSA) is 75.6 Å². The van der Waals surface area contributed by atoms with Gasteiger partial charge in [-0.3, -0.25) is 5.32 Å². The quantitative estimate of drug-likeness (QED) is 0.264. The number of unbranched alkanes of at least 4 members (excludes halogenated alkanes) is 8. The minimum Gasteiger partial charge on any atom is -0.478 e. The summed E-state index contributed by atoms with van der Waals surface area (Å²) in [6, 6.07) is 9.12. The predicted molar refractivity (Wildman–Crippen MR) is 132 cm³/mol. The second-order valence-electron chi connectivity index (χ2n) is 8.25. The Hall–Kier alpha value is -2.34. The lowest BCUT2D eigenvalue weighted by molar-refractivity contribution is 0.0698. The number of thiophene rings is 1. The summed E-state index contributed by atoms with van der Waals surface area (Å²) in [5.74, 6) is -0.602. The summed E-state index contributed by atoms with van der Waals surface area (Å²) in [7, 11) is 0. The van der Waals surface area contributed by atoms with Gasteiger partial charge in [0.25, 0.3) is 0 Å². The number of anilines is 1. The second kappa shape index (κ2) is 14.7. The molecule has 1 heterocycles. The Kier molecular flexibility index (Phi) is 11.9. The number of carbonyl (C=O) groups excluding carboxylic acids is 1. The van der Waals surface area contributed by atoms with Crippen LogP contribution in [0.25, 0.3) is 0 Å². The van der Waals surface area contributed by atoms with Crippen molar-refractivity contribution in [1.82, 2.24) is 0 Å². The molecule has 0 radical (unpaired) electrons. The average Bonchev–Trinajstić information content (AvgIpc) is 3.17. The van der Waals surface area contributed by atoms with Crippen LogP contribution >= 0.6 is 11.3 Å². The molecule has 0 aliphatic heterocycles. The van der Waals surface area contributed by atoms with Crippen LogP contribution in [0, 0.1) is 0 Å². The highest BCUT2D eigenvalue weighted by Crippen LogP contribution is 2.30. The molecule has 0 aliphatic carbocycles. The Balaban J connectivity index is 1.83. The van der Waals surface area contributed by atoms with Gasteiger partial charge in [-0.25, -0.2) is 9.59 Å². The number of hydrogen-bond acceptors (Lipinski definition) is 4. The van der Waals surface area contributed by atoms with Crippen LogP contribution in [-0.2, 0) is 12.8 Å². The van der Waals surface area contributed by atoms with E-state index in [1.165, 1.54) is 55.4 Å². The van der Waals surface area contributed by atoms with Gasteiger partial charge in [0.05, 0.1) is 5.56 Å². The van der Waals surface area contributed by atoms with Gasteiger partial charge in [-0.05, 0) is 49.4 Å². The SMILES string of the molecule is CCCCCCCCCCc1cc(C(=O)O)c(NC(=O)Oc2ccc(CCCC)cc2)s1. The molecule has 1 amide bonds. The maximum absolute atomic E-state index is 12.3. The van der Waals surface area contributed by atoms with Gasteiger partial charge in [0.15, 0.2) is 0 Å². The molecular formula is C26H37NO4S. The van der Waals surface area contributed by atoms with E-state index in [1.807, 2.05) is 12.1 Å². The Morgan fingerprint density at radius 1 is 0.875 bits per heavy atom. The molecule has 0 aliphatic rings. The number of hydrogen-bond donors (Lipinski definition) is 2. The van der Waals surface area contributed by atoms with Crippen LogP contribution in [0.5, 0.6) is 5.75 Å². The van der Waals surface area contributed by atoms with E-state index in [2.05, 4.69) is 19.2 Å². The summed E-state index contributed by atoms with van der Waals surface area (Å²) in [4.78, 5) is 24.9. The number of carboxylic acids is 1. The second-order valence-corrected chi connectivity index (χ2v) is 9.38. The van der Waals surface area contributed by atoms with Crippen molar-refractivity contribution in [3.05, 3.63) is 46.3 Å². The van der Waals surface area contributed by atoms with Gasteiger partial charge in [0.1, 0.15) is 10.8 Å². The van der Waals surface area contributed by atoms with Gasteiger partial charge in [-0.15, -0.1) is 11.3 Å². The average molecular weight is 460 g/mol. The molecule has 0 bridgehead atoms. The Bertz CT molecular complexity index is 829. The molecule has 2 aromatic rings. The zero-order valence-corrected chi connectivity index (χ0v) is 20.3. The summed E-state index contributed by atoms with van der Waals surface area (Å²) in [6.45, 7) is 4.37. The molecular weight excluding hydrogens is 422 g/mol. The maximum atomic E-state index is 12.3. The highest BCUT2D eigenvalue weighted by atomic mass is 32.1. The third kappa shape index (κ3) is 9.43. The maximum Gasteiger partial charge on any atom is 0.417 e. The van der Waals surface area contributed by atoms with Crippen LogP contribution in [0.1, 0.15) is 98.9 Å². The lowest BCUT2D eigenvalue weighted by atomic mass is 10.1. The first-order valence-electron chi connectivity index (χ1n) is 12.0. The van der Waals surface area contributed by atoms with Crippen molar-refractivity contribution in [1.29, 1.82) is 0 Å². The smallest absolute Gasteiger partial charge is 0.417 e. The molecule has 0 atom stereocenters. The summed E-state index contributed by atoms with van der Waals surface area (Å²) < 4.78 is 5.34. The van der Waals surface area contributed by atoms with Crippen molar-refractivity contribution in [2.24, 2.45) is 0 Å². The van der Waals surface area contributed by atoms with E-state index >= 15 is 0 Å². The molecule has 6 heteroatoms. The standard InChI is InChI=1S/C26H37NO4S/c1-3-5-7-8-9-10-11-12-14-22-19-23(25(28)29)24(32-22)27-26(30)31-21-17-15-20(16-18-21)13-6-4-2/h15-19H,3-14H2,1-2H3,(H,27,30)(H,28,29). The van der Waals surface area contributed by atoms with Gasteiger partial charge < -0.3 is 9.84 Å². The van der Waals surface area contributed by atoms with Crippen LogP contribution < -0.4 is 10.1 Å². The van der Waals surface area contributed by atoms with Gasteiger partial charge in [-0.2, -0.15) is 0 Å². The van der Waals surface area contributed by atoms with Crippen molar-refractivity contribution < 1.29 is 19.4 Å². The van der Waals surface area contributed by atoms with E-state index in [0.29, 0.717) is 10.8 Å². The van der Waals surface area contributed by atoms with Crippen LogP contribution in [0.15, 0.2) is 30.3 Å². The fraction of sp³-hybridized carbons (Fsp3) is 0.538. The van der Waals surface area contributed by atoms with E-state index in [0.717, 1.165) is 43.4 Å². The summed E-state index contributed by atoms with van der Waals surface area (Å²) in [5, 5.41) is 12.5. The number of nitrogens with one attached hydrogen (secondary N) is 1. The van der Waals surface area contributed by atoms with Gasteiger partial charge >= 0.3 is 12.1 Å². The van der Waals surface area contributed by atoms with Crippen molar-refractivity contribution in [3.63, 3.8) is 0 Å². The number of aryl methyl sites for hydroxylation is 2. The van der Waals surface area contributed by atoms with E-state index in [-0.39, 0.29) is 5.56 Å². The first-order valence-corrected chi connectivity index (χ1v) is 12.8. The predicted octanol–water partition coefficient (Wildman–Crippen LogP) is 8.08. The molecule has 2 N–H and O–H groups in total. The van der Waals surface area contributed by atoms with Crippen molar-refractivity contribution in [2.45, 2.75) is 90.9 Å². The number of benzene rings is 1. The van der Waals surface area contributed by atoms with Crippen molar-refractivity contribution in [2.75, 3.05) is 5.32 Å². The molecule has 0 spiro atoms. The molecule has 5 nitrogen and oxygen atoms in total. The fourth-order valence-corrected chi connectivity index (χ4v) is 4.66. The van der Waals surface area contributed by atoms with E-state index in [1.54, 1.807) is 18.2 Å². The van der Waals surface area contributed by atoms with E-state index in [4.69, 9.17) is 4.74 Å². The number of rotatable bonds is 15. The Labute approximate surface area is 196 Å². The van der Waals surface area contributed by atoms with Crippen LogP contribution in [0.2, 0.25) is 0 Å². The fourth-order valence-electron chi connectivity index (χ4n) is 3.58. The number of carbonyl (C=O) groups is 2. The van der Waals surface area contributed by atoms with E-state index < -0.39 is 12.1 Å². The van der Waals surface area contributed by atoms with Crippen molar-refractivity contribution in [3.8, 4) is 5.75 Å². The largest absolute Gasteiger partial charge is 0.478 e. The van der Waals surface area contributed by atoms with E-state index in [9.17, 15) is 14.7 Å². The number of ether oxygens (including phenoxy) is 1. The lowest BCUT2D eigenvalue weighted by Crippen LogP contribution is -2.17. The van der Waals surface area contributed by atoms with Crippen LogP contribution in [0.3, 0.4) is 0 Å². The Morgan fingerprint density at radius 2 is 1.50 bits per heavy atom. The highest BCUT2D eigenvalue weighted by molar-refractivity contribution is 7.16. The molecule has 1 aromatic heterocycles. The number of amides is 1. The molecule has 1 aromatic carbocycles. The molecule has 32 heavy (non-hydrogen) atoms. The zero-order valence-electron chi connectivity index (χ0n) is 19.5. The highest BCUT2D eigenvalue weighted by Gasteiger charge is 2.18. The minimum atomic E-state index is -1.04. The van der Waals surface area contributed by atoms with Crippen LogP contribution in [-0.4, -0.2) is 17.2 Å². The van der Waals surface area contributed by atoms with Crippen molar-refractivity contribution >= 4 is 28.4 Å². The van der Waals surface area contributed by atoms with Crippen LogP contribution in [0.4, 0.5) is 9.80 Å². The Morgan fingerprint density at radius 3 is 2.12 bits per heavy atom. The summed E-state index contributed by atoms with van der Waals surface area (Å²) >= 11 is 1.32. The first-order chi connectivity index (χ1) is 15.5. The third-order valence-electron chi connectivity index (χ3n) is 5.46. The summed E-state index contributed by atoms with van der Waals surface area (Å²) in [6.07, 6.45) is 13.3. The molecule has 0 fully saturated rings. The first kappa shape index (κ1) is 25.9. The molecule has 0 saturated heterocycles. The lowest BCUT2D eigenvalue weighted by Gasteiger charge is -2.07. The third-order valence-corrected chi connectivity index (χ3v) is 6.57. The molecule has 176 valence electrons. The number of aromatic carboxylic acids is 1. The molecule has 0 unspecified atom stereocenters. The van der Waals surface area contributed by atoms with Gasteiger partial charge in [-0.1, -0.05) is 77.3 Å². The van der Waals surface area contributed by atoms with Gasteiger partial charge in [0.2, 0.25) is 0 Å². The zero-order chi connectivity index (χ0) is 23.2. The van der Waals surface area contributed by atoms with Gasteiger partial charge in [0, 0.05) is 4.88 Å². The molecule has 2 rings (SSSR count). The monoisotopic (exact) mass is 459 g/mol. The summed E-state index contributed by atoms with van der Waals surface area (Å²) in [5.41, 5.74) is 1.33.